The van der Waals surface area contributed by atoms with E-state index in [1.54, 1.807) is 6.33 Å². The Morgan fingerprint density at radius 2 is 2.28 bits per heavy atom. The maximum atomic E-state index is 10.9. The van der Waals surface area contributed by atoms with Crippen molar-refractivity contribution < 1.29 is 9.90 Å². The molecule has 2 N–H and O–H groups in total. The van der Waals surface area contributed by atoms with Gasteiger partial charge in [0.2, 0.25) is 0 Å². The van der Waals surface area contributed by atoms with Gasteiger partial charge in [0.05, 0.1) is 0 Å². The highest BCUT2D eigenvalue weighted by atomic mass is 16.4. The Morgan fingerprint density at radius 1 is 1.56 bits per heavy atom. The lowest BCUT2D eigenvalue weighted by Crippen LogP contribution is -2.54. The minimum atomic E-state index is -0.952. The topological polar surface area (TPSA) is 80.0 Å². The van der Waals surface area contributed by atoms with Gasteiger partial charge in [0, 0.05) is 12.1 Å². The van der Waals surface area contributed by atoms with Crippen LogP contribution in [0, 0.1) is 11.3 Å². The van der Waals surface area contributed by atoms with Gasteiger partial charge in [0.25, 0.3) is 0 Å². The molecule has 1 heterocycles. The number of carbonyl (C=O) groups is 1. The van der Waals surface area contributed by atoms with Crippen LogP contribution in [0.15, 0.2) is 12.7 Å². The molecule has 0 bridgehead atoms. The summed E-state index contributed by atoms with van der Waals surface area (Å²) in [6.45, 7) is 7.02. The van der Waals surface area contributed by atoms with Crippen LogP contribution in [-0.4, -0.2) is 31.5 Å². The molecule has 1 aromatic heterocycles. The Bertz CT molecular complexity index is 429. The van der Waals surface area contributed by atoms with Crippen LogP contribution in [0.1, 0.15) is 33.6 Å². The maximum absolute atomic E-state index is 10.9. The van der Waals surface area contributed by atoms with Crippen LogP contribution in [-0.2, 0) is 6.54 Å². The number of amides is 1. The highest BCUT2D eigenvalue weighted by molar-refractivity contribution is 5.65. The van der Waals surface area contributed by atoms with Gasteiger partial charge in [-0.1, -0.05) is 13.8 Å². The lowest BCUT2D eigenvalue weighted by molar-refractivity contribution is 0.107. The van der Waals surface area contributed by atoms with Crippen molar-refractivity contribution in [1.82, 2.24) is 20.1 Å². The third kappa shape index (κ3) is 2.07. The van der Waals surface area contributed by atoms with Crippen LogP contribution >= 0.6 is 0 Å². The predicted molar refractivity (Wildman–Crippen MR) is 66.1 cm³/mol. The quantitative estimate of drug-likeness (QED) is 0.858. The number of aromatic nitrogens is 3. The molecule has 0 spiro atoms. The standard InChI is InChI=1S/C12H20N4O2/c1-11(2)9(6-16-8-13-7-14-16)4-5-12(11,3)15-10(17)18/h7-9,15H,4-6H2,1-3H3,(H,17,18)/t9-,12-/m1/s1. The molecule has 0 aliphatic heterocycles. The first-order valence-electron chi connectivity index (χ1n) is 6.19. The minimum absolute atomic E-state index is 0.114. The fourth-order valence-corrected chi connectivity index (χ4v) is 2.93. The number of nitrogens with zero attached hydrogens (tertiary/aromatic N) is 3. The van der Waals surface area contributed by atoms with Crippen molar-refractivity contribution in [1.29, 1.82) is 0 Å². The van der Waals surface area contributed by atoms with Crippen molar-refractivity contribution >= 4 is 6.09 Å². The normalized spacial score (nSPS) is 30.3. The smallest absolute Gasteiger partial charge is 0.405 e. The van der Waals surface area contributed by atoms with E-state index in [-0.39, 0.29) is 11.0 Å². The largest absolute Gasteiger partial charge is 0.465 e. The third-order valence-corrected chi connectivity index (χ3v) is 4.69. The van der Waals surface area contributed by atoms with Crippen LogP contribution in [0.4, 0.5) is 4.79 Å². The Morgan fingerprint density at radius 3 is 2.83 bits per heavy atom. The molecule has 1 amide bonds. The van der Waals surface area contributed by atoms with Gasteiger partial charge in [0.15, 0.2) is 0 Å². The zero-order valence-corrected chi connectivity index (χ0v) is 11.1. The summed E-state index contributed by atoms with van der Waals surface area (Å²) in [5, 5.41) is 15.8. The summed E-state index contributed by atoms with van der Waals surface area (Å²) in [5.74, 6) is 0.385. The Kier molecular flexibility index (Phi) is 3.04. The van der Waals surface area contributed by atoms with E-state index in [1.165, 1.54) is 6.33 Å². The van der Waals surface area contributed by atoms with Gasteiger partial charge in [-0.2, -0.15) is 5.10 Å². The van der Waals surface area contributed by atoms with E-state index in [0.717, 1.165) is 19.4 Å². The van der Waals surface area contributed by atoms with E-state index in [1.807, 2.05) is 11.6 Å². The molecule has 1 aliphatic carbocycles. The van der Waals surface area contributed by atoms with Crippen molar-refractivity contribution in [2.45, 2.75) is 45.7 Å². The lowest BCUT2D eigenvalue weighted by atomic mass is 9.71. The average molecular weight is 252 g/mol. The molecular weight excluding hydrogens is 232 g/mol. The Labute approximate surface area is 106 Å². The van der Waals surface area contributed by atoms with Gasteiger partial charge in [-0.05, 0) is 31.1 Å². The molecule has 0 aromatic carbocycles. The van der Waals surface area contributed by atoms with Crippen molar-refractivity contribution in [3.8, 4) is 0 Å². The van der Waals surface area contributed by atoms with Crippen LogP contribution in [0.2, 0.25) is 0 Å². The Hall–Kier alpha value is -1.59. The van der Waals surface area contributed by atoms with Crippen molar-refractivity contribution in [3.63, 3.8) is 0 Å². The maximum Gasteiger partial charge on any atom is 0.405 e. The fourth-order valence-electron chi connectivity index (χ4n) is 2.93. The van der Waals surface area contributed by atoms with Crippen LogP contribution < -0.4 is 5.32 Å². The lowest BCUT2D eigenvalue weighted by Gasteiger charge is -2.41. The van der Waals surface area contributed by atoms with Gasteiger partial charge in [-0.15, -0.1) is 0 Å². The predicted octanol–water partition coefficient (Wildman–Crippen LogP) is 1.74. The van der Waals surface area contributed by atoms with E-state index >= 15 is 0 Å². The first-order chi connectivity index (χ1) is 8.35. The SMILES string of the molecule is CC1(C)[C@@H](Cn2cncn2)CC[C@@]1(C)NC(=O)O. The molecule has 18 heavy (non-hydrogen) atoms. The summed E-state index contributed by atoms with van der Waals surface area (Å²) in [6.07, 6.45) is 4.12. The summed E-state index contributed by atoms with van der Waals surface area (Å²) in [4.78, 5) is 14.9. The summed E-state index contributed by atoms with van der Waals surface area (Å²) in [5.41, 5.74) is -0.499. The number of hydrogen-bond acceptors (Lipinski definition) is 3. The van der Waals surface area contributed by atoms with E-state index in [0.29, 0.717) is 5.92 Å². The highest BCUT2D eigenvalue weighted by Gasteiger charge is 2.52. The highest BCUT2D eigenvalue weighted by Crippen LogP contribution is 2.50. The Balaban J connectivity index is 2.14. The van der Waals surface area contributed by atoms with Crippen LogP contribution in [0.25, 0.3) is 0 Å². The molecule has 0 unspecified atom stereocenters. The molecule has 1 saturated carbocycles. The summed E-state index contributed by atoms with van der Waals surface area (Å²) in [7, 11) is 0. The summed E-state index contributed by atoms with van der Waals surface area (Å²) >= 11 is 0. The molecule has 1 aromatic rings. The monoisotopic (exact) mass is 252 g/mol. The molecule has 6 heteroatoms. The first kappa shape index (κ1) is 12.9. The molecule has 1 fully saturated rings. The van der Waals surface area contributed by atoms with E-state index in [2.05, 4.69) is 29.2 Å². The molecule has 100 valence electrons. The van der Waals surface area contributed by atoms with Gasteiger partial charge >= 0.3 is 6.09 Å². The molecular formula is C12H20N4O2. The van der Waals surface area contributed by atoms with E-state index in [9.17, 15) is 4.79 Å². The van der Waals surface area contributed by atoms with Gasteiger partial charge in [-0.25, -0.2) is 9.78 Å². The second-order valence-electron chi connectivity index (χ2n) is 5.84. The number of rotatable bonds is 3. The third-order valence-electron chi connectivity index (χ3n) is 4.69. The zero-order valence-electron chi connectivity index (χ0n) is 11.1. The van der Waals surface area contributed by atoms with Crippen molar-refractivity contribution in [2.75, 3.05) is 0 Å². The molecule has 1 aliphatic rings. The van der Waals surface area contributed by atoms with Gasteiger partial charge in [-0.3, -0.25) is 4.68 Å². The molecule has 2 atom stereocenters. The van der Waals surface area contributed by atoms with Gasteiger partial charge in [0.1, 0.15) is 12.7 Å². The minimum Gasteiger partial charge on any atom is -0.465 e. The average Bonchev–Trinajstić information content (AvgIpc) is 2.81. The van der Waals surface area contributed by atoms with Crippen molar-refractivity contribution in [3.05, 3.63) is 12.7 Å². The van der Waals surface area contributed by atoms with Crippen LogP contribution in [0.3, 0.4) is 0 Å². The number of nitrogens with one attached hydrogen (secondary N) is 1. The first-order valence-corrected chi connectivity index (χ1v) is 6.19. The molecule has 0 radical (unpaired) electrons. The second kappa shape index (κ2) is 4.26. The zero-order chi connectivity index (χ0) is 13.4. The van der Waals surface area contributed by atoms with E-state index in [4.69, 9.17) is 5.11 Å². The fraction of sp³-hybridized carbons (Fsp3) is 0.750. The number of carboxylic acid groups (broad SMARTS) is 1. The second-order valence-corrected chi connectivity index (χ2v) is 5.84. The molecule has 2 rings (SSSR count). The van der Waals surface area contributed by atoms with Crippen LogP contribution in [0.5, 0.6) is 0 Å². The van der Waals surface area contributed by atoms with Crippen molar-refractivity contribution in [2.24, 2.45) is 11.3 Å². The van der Waals surface area contributed by atoms with E-state index < -0.39 is 6.09 Å². The summed E-state index contributed by atoms with van der Waals surface area (Å²) < 4.78 is 1.82. The molecule has 6 nitrogen and oxygen atoms in total. The summed E-state index contributed by atoms with van der Waals surface area (Å²) in [6, 6.07) is 0. The number of hydrogen-bond donors (Lipinski definition) is 2. The molecule has 0 saturated heterocycles. The van der Waals surface area contributed by atoms with Gasteiger partial charge < -0.3 is 10.4 Å².